The molecule has 0 fully saturated rings. The van der Waals surface area contributed by atoms with Crippen LogP contribution in [0.25, 0.3) is 22.0 Å². The predicted molar refractivity (Wildman–Crippen MR) is 161 cm³/mol. The highest BCUT2D eigenvalue weighted by atomic mass is 32.2. The molecule has 222 valence electrons. The molecule has 0 amide bonds. The van der Waals surface area contributed by atoms with Crippen molar-refractivity contribution in [3.8, 4) is 34.3 Å². The summed E-state index contributed by atoms with van der Waals surface area (Å²) in [5.74, 6) is 1.86. The molecule has 5 aromatic rings. The molecule has 0 spiro atoms. The van der Waals surface area contributed by atoms with E-state index in [0.717, 1.165) is 35.2 Å². The number of nitrogens with zero attached hydrogens (tertiary/aromatic N) is 1. The van der Waals surface area contributed by atoms with Gasteiger partial charge in [0.1, 0.15) is 4.90 Å². The van der Waals surface area contributed by atoms with Gasteiger partial charge in [0.05, 0.1) is 32.3 Å². The number of methoxy groups -OCH3 is 3. The second-order valence-electron chi connectivity index (χ2n) is 9.46. The summed E-state index contributed by atoms with van der Waals surface area (Å²) in [5, 5.41) is 1.47. The van der Waals surface area contributed by atoms with Gasteiger partial charge in [0.2, 0.25) is 5.69 Å². The van der Waals surface area contributed by atoms with Crippen LogP contribution < -0.4 is 23.0 Å². The molecule has 0 radical (unpaired) electrons. The molecule has 43 heavy (non-hydrogen) atoms. The van der Waals surface area contributed by atoms with Crippen LogP contribution in [0.15, 0.2) is 107 Å². The summed E-state index contributed by atoms with van der Waals surface area (Å²) >= 11 is -2.08. The van der Waals surface area contributed by atoms with Crippen LogP contribution in [0, 0.1) is 0 Å². The fraction of sp³-hybridized carbons (Fsp3) is 0.156. The normalized spacial score (nSPS) is 12.7. The maximum absolute atomic E-state index is 13.0. The van der Waals surface area contributed by atoms with Crippen LogP contribution in [0.1, 0.15) is 5.56 Å². The van der Waals surface area contributed by atoms with Crippen LogP contribution in [0.3, 0.4) is 0 Å². The van der Waals surface area contributed by atoms with E-state index in [9.17, 15) is 17.2 Å². The van der Waals surface area contributed by atoms with Gasteiger partial charge in [-0.3, -0.25) is 4.21 Å². The van der Waals surface area contributed by atoms with Gasteiger partial charge in [-0.2, -0.15) is 13.0 Å². The Morgan fingerprint density at radius 1 is 0.791 bits per heavy atom. The summed E-state index contributed by atoms with van der Waals surface area (Å²) in [6, 6.07) is 25.9. The minimum Gasteiger partial charge on any atom is -0.768 e. The maximum atomic E-state index is 13.0. The minimum absolute atomic E-state index is 0.0784. The highest BCUT2D eigenvalue weighted by molar-refractivity contribution is 7.87. The van der Waals surface area contributed by atoms with Gasteiger partial charge >= 0.3 is 10.1 Å². The van der Waals surface area contributed by atoms with Crippen LogP contribution in [0.4, 0.5) is 0 Å². The Balaban J connectivity index is 0.000000351. The lowest BCUT2D eigenvalue weighted by Crippen LogP contribution is -2.40. The third-order valence-electron chi connectivity index (χ3n) is 6.97. The molecule has 0 N–H and O–H groups in total. The monoisotopic (exact) mass is 619 g/mol. The van der Waals surface area contributed by atoms with E-state index in [0.29, 0.717) is 27.5 Å². The predicted octanol–water partition coefficient (Wildman–Crippen LogP) is 5.07. The van der Waals surface area contributed by atoms with Crippen LogP contribution in [0.5, 0.6) is 23.0 Å². The molecule has 0 aliphatic carbocycles. The molecule has 11 heteroatoms. The Hall–Kier alpha value is -4.45. The summed E-state index contributed by atoms with van der Waals surface area (Å²) in [7, 11) is 0.689. The maximum Gasteiger partial charge on any atom is 0.339 e. The molecular weight excluding hydrogens is 590 g/mol. The summed E-state index contributed by atoms with van der Waals surface area (Å²) in [4.78, 5) is 0.409. The van der Waals surface area contributed by atoms with Crippen molar-refractivity contribution >= 4 is 32.0 Å². The zero-order valence-corrected chi connectivity index (χ0v) is 25.3. The van der Waals surface area contributed by atoms with E-state index in [-0.39, 0.29) is 10.6 Å². The molecule has 0 saturated carbocycles. The minimum atomic E-state index is -4.04. The SMILES string of the molecule is COc1cc2c(cc1OC)-c1cc3ccc(OC)c(OS(=O)(=O)c4ccccc4)c3c[n+]1CC2.O=S([O-])c1ccccc1. The highest BCUT2D eigenvalue weighted by Gasteiger charge is 2.28. The number of fused-ring (bicyclic) bond motifs is 4. The second kappa shape index (κ2) is 12.8. The van der Waals surface area contributed by atoms with Crippen LogP contribution in [-0.4, -0.2) is 38.5 Å². The van der Waals surface area contributed by atoms with Crippen LogP contribution >= 0.6 is 0 Å². The molecule has 1 aromatic heterocycles. The summed E-state index contributed by atoms with van der Waals surface area (Å²) in [6.07, 6.45) is 2.71. The van der Waals surface area contributed by atoms with Gasteiger partial charge in [0.15, 0.2) is 35.7 Å². The van der Waals surface area contributed by atoms with Crippen molar-refractivity contribution < 1.29 is 40.1 Å². The number of hydrogen-bond donors (Lipinski definition) is 0. The van der Waals surface area contributed by atoms with Crippen molar-refractivity contribution in [2.24, 2.45) is 0 Å². The van der Waals surface area contributed by atoms with E-state index < -0.39 is 21.2 Å². The van der Waals surface area contributed by atoms with Crippen LogP contribution in [0.2, 0.25) is 0 Å². The van der Waals surface area contributed by atoms with E-state index in [1.807, 2.05) is 30.5 Å². The lowest BCUT2D eigenvalue weighted by molar-refractivity contribution is -0.686. The van der Waals surface area contributed by atoms with Gasteiger partial charge in [-0.1, -0.05) is 36.4 Å². The van der Waals surface area contributed by atoms with Crippen molar-refractivity contribution in [2.75, 3.05) is 21.3 Å². The molecule has 1 aliphatic rings. The van der Waals surface area contributed by atoms with Crippen molar-refractivity contribution in [1.29, 1.82) is 0 Å². The largest absolute Gasteiger partial charge is 0.768 e. The fourth-order valence-corrected chi connectivity index (χ4v) is 6.21. The number of hydrogen-bond acceptors (Lipinski definition) is 8. The Morgan fingerprint density at radius 3 is 2.02 bits per heavy atom. The molecular formula is C32H29NO8S2. The first kappa shape index (κ1) is 30.0. The smallest absolute Gasteiger partial charge is 0.339 e. The second-order valence-corrected chi connectivity index (χ2v) is 12.0. The Labute approximate surface area is 252 Å². The molecule has 6 rings (SSSR count). The summed E-state index contributed by atoms with van der Waals surface area (Å²) in [5.41, 5.74) is 3.20. The number of pyridine rings is 1. The molecule has 0 bridgehead atoms. The molecule has 1 aliphatic heterocycles. The van der Waals surface area contributed by atoms with Gasteiger partial charge in [0, 0.05) is 17.4 Å². The first-order valence-electron chi connectivity index (χ1n) is 13.2. The zero-order chi connectivity index (χ0) is 30.6. The van der Waals surface area contributed by atoms with E-state index >= 15 is 0 Å². The van der Waals surface area contributed by atoms with Gasteiger partial charge in [-0.25, -0.2) is 0 Å². The number of aryl methyl sites for hydroxylation is 2. The molecule has 1 atom stereocenters. The van der Waals surface area contributed by atoms with Gasteiger partial charge in [-0.15, -0.1) is 0 Å². The van der Waals surface area contributed by atoms with Crippen molar-refractivity contribution in [3.05, 3.63) is 103 Å². The molecule has 0 saturated heterocycles. The third-order valence-corrected chi connectivity index (χ3v) is 8.86. The number of benzene rings is 4. The average molecular weight is 620 g/mol. The quantitative estimate of drug-likeness (QED) is 0.141. The number of ether oxygens (including phenoxy) is 3. The Bertz CT molecular complexity index is 1900. The fourth-order valence-electron chi connectivity index (χ4n) is 4.86. The zero-order valence-electron chi connectivity index (χ0n) is 23.7. The lowest BCUT2D eigenvalue weighted by atomic mass is 9.95. The van der Waals surface area contributed by atoms with E-state index in [2.05, 4.69) is 4.57 Å². The first-order valence-corrected chi connectivity index (χ1v) is 15.7. The first-order chi connectivity index (χ1) is 20.7. The van der Waals surface area contributed by atoms with Crippen molar-refractivity contribution in [1.82, 2.24) is 0 Å². The van der Waals surface area contributed by atoms with Gasteiger partial charge in [-0.05, 0) is 70.6 Å². The van der Waals surface area contributed by atoms with Crippen LogP contribution in [-0.2, 0) is 34.2 Å². The van der Waals surface area contributed by atoms with E-state index in [4.69, 9.17) is 18.4 Å². The van der Waals surface area contributed by atoms with Crippen molar-refractivity contribution in [2.45, 2.75) is 22.8 Å². The standard InChI is InChI=1S/C26H24NO6S.C6H6O2S/c1-30-23-10-9-17-13-22-20-15-25(32-3)24(31-2)14-18(20)11-12-27(22)16-21(17)26(23)33-34(28,29)19-7-5-4-6-8-19;7-9(8)6-4-2-1-3-5-6/h4-10,13-16H,11-12H2,1-3H3;1-5H,(H,7,8)/q+1;/p-1. The Morgan fingerprint density at radius 2 is 1.42 bits per heavy atom. The van der Waals surface area contributed by atoms with Crippen molar-refractivity contribution in [3.63, 3.8) is 0 Å². The number of rotatable bonds is 7. The summed E-state index contributed by atoms with van der Waals surface area (Å²) in [6.45, 7) is 0.718. The topological polar surface area (TPSA) is 115 Å². The van der Waals surface area contributed by atoms with Gasteiger partial charge in [0.25, 0.3) is 0 Å². The lowest BCUT2D eigenvalue weighted by Gasteiger charge is -2.19. The Kier molecular flexibility index (Phi) is 8.95. The highest BCUT2D eigenvalue weighted by Crippen LogP contribution is 2.41. The molecule has 4 aromatic carbocycles. The average Bonchev–Trinajstić information content (AvgIpc) is 3.04. The molecule has 9 nitrogen and oxygen atoms in total. The van der Waals surface area contributed by atoms with E-state index in [1.54, 1.807) is 68.8 Å². The summed E-state index contributed by atoms with van der Waals surface area (Å²) < 4.78 is 70.6. The van der Waals surface area contributed by atoms with Gasteiger partial charge < -0.3 is 22.9 Å². The third kappa shape index (κ3) is 6.34. The van der Waals surface area contributed by atoms with E-state index in [1.165, 1.54) is 19.2 Å². The number of aromatic nitrogens is 1. The molecule has 1 unspecified atom stereocenters. The molecule has 2 heterocycles.